The summed E-state index contributed by atoms with van der Waals surface area (Å²) in [4.78, 5) is 13.3. The predicted molar refractivity (Wildman–Crippen MR) is 65.2 cm³/mol. The molecule has 1 saturated heterocycles. The van der Waals surface area contributed by atoms with Gasteiger partial charge in [-0.25, -0.2) is 0 Å². The molecule has 2 rings (SSSR count). The molecule has 0 bridgehead atoms. The second-order valence-corrected chi connectivity index (χ2v) is 4.56. The van der Waals surface area contributed by atoms with Gasteiger partial charge in [0.1, 0.15) is 0 Å². The summed E-state index contributed by atoms with van der Waals surface area (Å²) in [6, 6.07) is 5.78. The summed E-state index contributed by atoms with van der Waals surface area (Å²) in [5, 5.41) is 0.563. The average Bonchev–Trinajstić information content (AvgIpc) is 2.71. The number of rotatable bonds is 1. The zero-order valence-electron chi connectivity index (χ0n) is 9.24. The fourth-order valence-corrected chi connectivity index (χ4v) is 2.43. The maximum Gasteiger partial charge on any atom is 0.219 e. The number of hydrogen-bond acceptors (Lipinski definition) is 2. The molecule has 86 valence electrons. The van der Waals surface area contributed by atoms with Crippen LogP contribution in [0.25, 0.3) is 0 Å². The Kier molecular flexibility index (Phi) is 3.06. The van der Waals surface area contributed by atoms with Gasteiger partial charge in [-0.05, 0) is 30.5 Å². The van der Waals surface area contributed by atoms with Crippen LogP contribution in [0.1, 0.15) is 31.4 Å². The van der Waals surface area contributed by atoms with Gasteiger partial charge in [-0.1, -0.05) is 17.7 Å². The van der Waals surface area contributed by atoms with Crippen molar-refractivity contribution in [3.05, 3.63) is 28.8 Å². The van der Waals surface area contributed by atoms with Crippen LogP contribution in [0.3, 0.4) is 0 Å². The molecule has 0 aromatic heterocycles. The summed E-state index contributed by atoms with van der Waals surface area (Å²) in [5.41, 5.74) is 7.33. The monoisotopic (exact) mass is 238 g/mol. The molecule has 16 heavy (non-hydrogen) atoms. The first-order chi connectivity index (χ1) is 7.59. The van der Waals surface area contributed by atoms with E-state index in [1.165, 1.54) is 0 Å². The predicted octanol–water partition coefficient (Wildman–Crippen LogP) is 2.61. The highest BCUT2D eigenvalue weighted by Crippen LogP contribution is 2.34. The highest BCUT2D eigenvalue weighted by molar-refractivity contribution is 6.33. The van der Waals surface area contributed by atoms with E-state index >= 15 is 0 Å². The van der Waals surface area contributed by atoms with Crippen LogP contribution in [0.2, 0.25) is 5.02 Å². The fourth-order valence-electron chi connectivity index (χ4n) is 2.24. The van der Waals surface area contributed by atoms with Crippen molar-refractivity contribution < 1.29 is 4.79 Å². The molecule has 0 spiro atoms. The van der Waals surface area contributed by atoms with Crippen molar-refractivity contribution in [1.29, 1.82) is 0 Å². The van der Waals surface area contributed by atoms with Crippen LogP contribution >= 0.6 is 11.6 Å². The van der Waals surface area contributed by atoms with Gasteiger partial charge in [0.15, 0.2) is 0 Å². The van der Waals surface area contributed by atoms with Gasteiger partial charge in [-0.2, -0.15) is 0 Å². The number of carbonyl (C=O) groups excluding carboxylic acids is 1. The number of nitrogens with zero attached hydrogens (tertiary/aromatic N) is 1. The highest BCUT2D eigenvalue weighted by Gasteiger charge is 2.27. The summed E-state index contributed by atoms with van der Waals surface area (Å²) in [7, 11) is 0. The van der Waals surface area contributed by atoms with Crippen molar-refractivity contribution in [3.8, 4) is 0 Å². The summed E-state index contributed by atoms with van der Waals surface area (Å²) >= 11 is 5.99. The van der Waals surface area contributed by atoms with E-state index in [4.69, 9.17) is 17.3 Å². The van der Waals surface area contributed by atoms with Crippen molar-refractivity contribution in [1.82, 2.24) is 4.90 Å². The first-order valence-electron chi connectivity index (χ1n) is 5.41. The Bertz CT molecular complexity index is 419. The SMILES string of the molecule is CC(=O)N1CCCC1c1ccc(N)c(Cl)c1. The van der Waals surface area contributed by atoms with Crippen molar-refractivity contribution in [2.45, 2.75) is 25.8 Å². The van der Waals surface area contributed by atoms with E-state index in [-0.39, 0.29) is 11.9 Å². The van der Waals surface area contributed by atoms with Crippen molar-refractivity contribution in [3.63, 3.8) is 0 Å². The van der Waals surface area contributed by atoms with E-state index in [2.05, 4.69) is 0 Å². The Morgan fingerprint density at radius 2 is 2.31 bits per heavy atom. The lowest BCUT2D eigenvalue weighted by molar-refractivity contribution is -0.129. The van der Waals surface area contributed by atoms with Gasteiger partial charge in [0.25, 0.3) is 0 Å². The number of nitrogen functional groups attached to an aromatic ring is 1. The van der Waals surface area contributed by atoms with Gasteiger partial charge in [0, 0.05) is 13.5 Å². The lowest BCUT2D eigenvalue weighted by Crippen LogP contribution is -2.28. The third-order valence-corrected chi connectivity index (χ3v) is 3.39. The quantitative estimate of drug-likeness (QED) is 0.765. The first-order valence-corrected chi connectivity index (χ1v) is 5.79. The maximum absolute atomic E-state index is 11.4. The Balaban J connectivity index is 2.29. The van der Waals surface area contributed by atoms with Crippen LogP contribution in [-0.2, 0) is 4.79 Å². The zero-order chi connectivity index (χ0) is 11.7. The molecule has 1 aromatic rings. The zero-order valence-corrected chi connectivity index (χ0v) is 10.00. The molecule has 0 saturated carbocycles. The molecule has 1 atom stereocenters. The third kappa shape index (κ3) is 2.00. The molecule has 1 aliphatic rings. The van der Waals surface area contributed by atoms with Gasteiger partial charge in [0.2, 0.25) is 5.91 Å². The number of halogens is 1. The van der Waals surface area contributed by atoms with E-state index in [1.807, 2.05) is 17.0 Å². The molecular weight excluding hydrogens is 224 g/mol. The second-order valence-electron chi connectivity index (χ2n) is 4.15. The molecular formula is C12H15ClN2O. The third-order valence-electron chi connectivity index (χ3n) is 3.07. The van der Waals surface area contributed by atoms with Gasteiger partial charge in [-0.3, -0.25) is 4.79 Å². The first kappa shape index (κ1) is 11.3. The largest absolute Gasteiger partial charge is 0.398 e. The molecule has 0 aliphatic carbocycles. The molecule has 1 fully saturated rings. The topological polar surface area (TPSA) is 46.3 Å². The minimum atomic E-state index is 0.121. The van der Waals surface area contributed by atoms with Crippen molar-refractivity contribution in [2.75, 3.05) is 12.3 Å². The van der Waals surface area contributed by atoms with Crippen LogP contribution in [-0.4, -0.2) is 17.4 Å². The Labute approximate surface area is 100 Å². The summed E-state index contributed by atoms with van der Waals surface area (Å²) < 4.78 is 0. The van der Waals surface area contributed by atoms with Crippen molar-refractivity contribution in [2.24, 2.45) is 0 Å². The molecule has 3 nitrogen and oxygen atoms in total. The maximum atomic E-state index is 11.4. The molecule has 1 aliphatic heterocycles. The smallest absolute Gasteiger partial charge is 0.219 e. The average molecular weight is 239 g/mol. The summed E-state index contributed by atoms with van der Waals surface area (Å²) in [6.45, 7) is 2.44. The van der Waals surface area contributed by atoms with Crippen molar-refractivity contribution >= 4 is 23.2 Å². The molecule has 0 radical (unpaired) electrons. The number of hydrogen-bond donors (Lipinski definition) is 1. The minimum Gasteiger partial charge on any atom is -0.398 e. The van der Waals surface area contributed by atoms with E-state index in [0.29, 0.717) is 10.7 Å². The van der Waals surface area contributed by atoms with Crippen LogP contribution in [0, 0.1) is 0 Å². The summed E-state index contributed by atoms with van der Waals surface area (Å²) in [5.74, 6) is 0.121. The van der Waals surface area contributed by atoms with Gasteiger partial charge in [-0.15, -0.1) is 0 Å². The number of amides is 1. The summed E-state index contributed by atoms with van der Waals surface area (Å²) in [6.07, 6.45) is 2.05. The van der Waals surface area contributed by atoms with Crippen LogP contribution < -0.4 is 5.73 Å². The normalized spacial score (nSPS) is 20.1. The minimum absolute atomic E-state index is 0.121. The van der Waals surface area contributed by atoms with E-state index in [9.17, 15) is 4.79 Å². The van der Waals surface area contributed by atoms with E-state index in [1.54, 1.807) is 13.0 Å². The number of carbonyl (C=O) groups is 1. The lowest BCUT2D eigenvalue weighted by Gasteiger charge is -2.23. The second kappa shape index (κ2) is 4.34. The molecule has 1 heterocycles. The molecule has 1 amide bonds. The Morgan fingerprint density at radius 1 is 1.56 bits per heavy atom. The molecule has 4 heteroatoms. The molecule has 2 N–H and O–H groups in total. The highest BCUT2D eigenvalue weighted by atomic mass is 35.5. The van der Waals surface area contributed by atoms with Crippen LogP contribution in [0.4, 0.5) is 5.69 Å². The number of anilines is 1. The van der Waals surface area contributed by atoms with Crippen LogP contribution in [0.15, 0.2) is 18.2 Å². The fraction of sp³-hybridized carbons (Fsp3) is 0.417. The standard InChI is InChI=1S/C12H15ClN2O/c1-8(16)15-6-2-3-12(15)9-4-5-11(14)10(13)7-9/h4-5,7,12H,2-3,6,14H2,1H3. The van der Waals surface area contributed by atoms with Gasteiger partial charge >= 0.3 is 0 Å². The number of likely N-dealkylation sites (tertiary alicyclic amines) is 1. The molecule has 1 unspecified atom stereocenters. The van der Waals surface area contributed by atoms with Gasteiger partial charge < -0.3 is 10.6 Å². The Morgan fingerprint density at radius 3 is 2.94 bits per heavy atom. The van der Waals surface area contributed by atoms with E-state index in [0.717, 1.165) is 24.9 Å². The Hall–Kier alpha value is -1.22. The van der Waals surface area contributed by atoms with Crippen LogP contribution in [0.5, 0.6) is 0 Å². The molecule has 1 aromatic carbocycles. The number of benzene rings is 1. The number of nitrogens with two attached hydrogens (primary N) is 1. The van der Waals surface area contributed by atoms with Gasteiger partial charge in [0.05, 0.1) is 16.8 Å². The lowest BCUT2D eigenvalue weighted by atomic mass is 10.0. The van der Waals surface area contributed by atoms with E-state index < -0.39 is 0 Å².